The molecule has 0 bridgehead atoms. The largest absolute Gasteiger partial charge is 0.384 e. The molecule has 0 radical (unpaired) electrons. The van der Waals surface area contributed by atoms with Crippen LogP contribution in [0.1, 0.15) is 33.3 Å². The second-order valence-electron chi connectivity index (χ2n) is 5.06. The molecule has 1 aromatic rings. The summed E-state index contributed by atoms with van der Waals surface area (Å²) in [6.07, 6.45) is 0. The summed E-state index contributed by atoms with van der Waals surface area (Å²) in [4.78, 5) is 6.87. The van der Waals surface area contributed by atoms with E-state index in [1.165, 1.54) is 0 Å². The first-order valence-corrected chi connectivity index (χ1v) is 6.63. The number of hydrogen-bond donors (Lipinski definition) is 1. The first-order chi connectivity index (χ1) is 8.52. The topological polar surface area (TPSA) is 41.6 Å². The number of amidine groups is 1. The van der Waals surface area contributed by atoms with Crippen LogP contribution in [0.5, 0.6) is 0 Å². The Labute approximate surface area is 111 Å². The quantitative estimate of drug-likeness (QED) is 0.620. The molecule has 0 spiro atoms. The molecule has 2 N–H and O–H groups in total. The van der Waals surface area contributed by atoms with Crippen molar-refractivity contribution in [3.8, 4) is 0 Å². The molecule has 1 rings (SSSR count). The minimum Gasteiger partial charge on any atom is -0.384 e. The van der Waals surface area contributed by atoms with E-state index in [2.05, 4.69) is 37.6 Å². The molecule has 100 valence electrons. The van der Waals surface area contributed by atoms with Crippen LogP contribution in [0.4, 0.5) is 0 Å². The molecule has 3 heteroatoms. The Morgan fingerprint density at radius 1 is 1.11 bits per heavy atom. The molecule has 0 unspecified atom stereocenters. The molecule has 0 saturated heterocycles. The zero-order valence-electron chi connectivity index (χ0n) is 11.9. The molecule has 0 atom stereocenters. The molecule has 0 aliphatic carbocycles. The van der Waals surface area contributed by atoms with Crippen molar-refractivity contribution in [2.24, 2.45) is 10.7 Å². The maximum absolute atomic E-state index is 5.96. The second-order valence-corrected chi connectivity index (χ2v) is 5.06. The van der Waals surface area contributed by atoms with Crippen LogP contribution in [0.25, 0.3) is 0 Å². The molecule has 18 heavy (non-hydrogen) atoms. The highest BCUT2D eigenvalue weighted by Gasteiger charge is 2.12. The van der Waals surface area contributed by atoms with E-state index in [1.54, 1.807) is 0 Å². The van der Waals surface area contributed by atoms with Crippen molar-refractivity contribution in [3.05, 3.63) is 35.9 Å². The normalized spacial score (nSPS) is 12.7. The Bertz CT molecular complexity index is 361. The van der Waals surface area contributed by atoms with E-state index in [0.29, 0.717) is 17.9 Å². The Balaban J connectivity index is 2.54. The number of aliphatic imine (C=N–C) groups is 1. The smallest absolute Gasteiger partial charge is 0.125 e. The fraction of sp³-hybridized carbons (Fsp3) is 0.533. The van der Waals surface area contributed by atoms with E-state index in [0.717, 1.165) is 18.7 Å². The van der Waals surface area contributed by atoms with E-state index in [9.17, 15) is 0 Å². The number of rotatable bonds is 6. The SMILES string of the molecule is CC(C)N(CCN=C(N)c1ccccc1)C(C)C. The standard InChI is InChI=1S/C15H25N3/c1-12(2)18(13(3)4)11-10-17-15(16)14-8-6-5-7-9-14/h5-9,12-13H,10-11H2,1-4H3,(H2,16,17). The predicted molar refractivity (Wildman–Crippen MR) is 79.0 cm³/mol. The molecule has 0 amide bonds. The molecule has 0 heterocycles. The summed E-state index contributed by atoms with van der Waals surface area (Å²) in [6.45, 7) is 10.5. The number of hydrogen-bond acceptors (Lipinski definition) is 2. The van der Waals surface area contributed by atoms with Crippen LogP contribution in [0.15, 0.2) is 35.3 Å². The van der Waals surface area contributed by atoms with Crippen molar-refractivity contribution < 1.29 is 0 Å². The summed E-state index contributed by atoms with van der Waals surface area (Å²) >= 11 is 0. The zero-order chi connectivity index (χ0) is 13.5. The van der Waals surface area contributed by atoms with Gasteiger partial charge in [-0.1, -0.05) is 30.3 Å². The van der Waals surface area contributed by atoms with Crippen molar-refractivity contribution in [2.45, 2.75) is 39.8 Å². The van der Waals surface area contributed by atoms with Crippen LogP contribution < -0.4 is 5.73 Å². The van der Waals surface area contributed by atoms with Gasteiger partial charge >= 0.3 is 0 Å². The third-order valence-corrected chi connectivity index (χ3v) is 3.04. The van der Waals surface area contributed by atoms with E-state index in [4.69, 9.17) is 5.73 Å². The second kappa shape index (κ2) is 7.17. The average molecular weight is 247 g/mol. The van der Waals surface area contributed by atoms with Gasteiger partial charge in [0.25, 0.3) is 0 Å². The van der Waals surface area contributed by atoms with Crippen molar-refractivity contribution in [2.75, 3.05) is 13.1 Å². The maximum Gasteiger partial charge on any atom is 0.125 e. The summed E-state index contributed by atoms with van der Waals surface area (Å²) in [5.41, 5.74) is 6.96. The zero-order valence-corrected chi connectivity index (χ0v) is 11.9. The Kier molecular flexibility index (Phi) is 5.86. The van der Waals surface area contributed by atoms with E-state index < -0.39 is 0 Å². The van der Waals surface area contributed by atoms with E-state index >= 15 is 0 Å². The lowest BCUT2D eigenvalue weighted by Gasteiger charge is -2.29. The summed E-state index contributed by atoms with van der Waals surface area (Å²) in [7, 11) is 0. The van der Waals surface area contributed by atoms with Crippen LogP contribution in [-0.2, 0) is 0 Å². The lowest BCUT2D eigenvalue weighted by Crippen LogP contribution is -2.39. The summed E-state index contributed by atoms with van der Waals surface area (Å²) in [6, 6.07) is 11.0. The predicted octanol–water partition coefficient (Wildman–Crippen LogP) is 2.51. The van der Waals surface area contributed by atoms with Crippen molar-refractivity contribution >= 4 is 5.84 Å². The molecule has 0 aromatic heterocycles. The van der Waals surface area contributed by atoms with Gasteiger partial charge in [-0.15, -0.1) is 0 Å². The van der Waals surface area contributed by atoms with Crippen LogP contribution in [-0.4, -0.2) is 35.9 Å². The van der Waals surface area contributed by atoms with Crippen molar-refractivity contribution in [3.63, 3.8) is 0 Å². The number of nitrogens with two attached hydrogens (primary N) is 1. The molecule has 0 fully saturated rings. The summed E-state index contributed by atoms with van der Waals surface area (Å²) < 4.78 is 0. The van der Waals surface area contributed by atoms with Gasteiger partial charge in [0.05, 0.1) is 6.54 Å². The van der Waals surface area contributed by atoms with Gasteiger partial charge in [-0.25, -0.2) is 0 Å². The molecule has 1 aromatic carbocycles. The molecule has 0 aliphatic heterocycles. The minimum atomic E-state index is 0.540. The van der Waals surface area contributed by atoms with Gasteiger partial charge in [-0.3, -0.25) is 9.89 Å². The van der Waals surface area contributed by atoms with Gasteiger partial charge < -0.3 is 5.73 Å². The average Bonchev–Trinajstić information content (AvgIpc) is 2.34. The Morgan fingerprint density at radius 3 is 2.17 bits per heavy atom. The van der Waals surface area contributed by atoms with Gasteiger partial charge in [0, 0.05) is 24.2 Å². The van der Waals surface area contributed by atoms with Gasteiger partial charge in [0.2, 0.25) is 0 Å². The Hall–Kier alpha value is -1.35. The molecule has 3 nitrogen and oxygen atoms in total. The van der Waals surface area contributed by atoms with E-state index in [1.807, 2.05) is 30.3 Å². The molecular formula is C15H25N3. The third-order valence-electron chi connectivity index (χ3n) is 3.04. The highest BCUT2D eigenvalue weighted by atomic mass is 15.2. The summed E-state index contributed by atoms with van der Waals surface area (Å²) in [5.74, 6) is 0.628. The molecule has 0 saturated carbocycles. The van der Waals surface area contributed by atoms with Gasteiger partial charge in [-0.05, 0) is 27.7 Å². The maximum atomic E-state index is 5.96. The fourth-order valence-corrected chi connectivity index (χ4v) is 2.10. The fourth-order valence-electron chi connectivity index (χ4n) is 2.10. The number of benzene rings is 1. The third kappa shape index (κ3) is 4.49. The Morgan fingerprint density at radius 2 is 1.67 bits per heavy atom. The van der Waals surface area contributed by atoms with Gasteiger partial charge in [0.15, 0.2) is 0 Å². The van der Waals surface area contributed by atoms with Crippen molar-refractivity contribution in [1.82, 2.24) is 4.90 Å². The highest BCUT2D eigenvalue weighted by molar-refractivity contribution is 5.97. The van der Waals surface area contributed by atoms with Crippen LogP contribution in [0, 0.1) is 0 Å². The first kappa shape index (κ1) is 14.7. The molecule has 0 aliphatic rings. The van der Waals surface area contributed by atoms with Gasteiger partial charge in [0.1, 0.15) is 5.84 Å². The van der Waals surface area contributed by atoms with Gasteiger partial charge in [-0.2, -0.15) is 0 Å². The summed E-state index contributed by atoms with van der Waals surface area (Å²) in [5, 5.41) is 0. The number of nitrogens with zero attached hydrogens (tertiary/aromatic N) is 2. The minimum absolute atomic E-state index is 0.540. The molecular weight excluding hydrogens is 222 g/mol. The van der Waals surface area contributed by atoms with Crippen LogP contribution in [0.2, 0.25) is 0 Å². The monoisotopic (exact) mass is 247 g/mol. The lowest BCUT2D eigenvalue weighted by molar-refractivity contribution is 0.181. The highest BCUT2D eigenvalue weighted by Crippen LogP contribution is 2.04. The first-order valence-electron chi connectivity index (χ1n) is 6.63. The van der Waals surface area contributed by atoms with Crippen molar-refractivity contribution in [1.29, 1.82) is 0 Å². The van der Waals surface area contributed by atoms with Crippen LogP contribution in [0.3, 0.4) is 0 Å². The lowest BCUT2D eigenvalue weighted by atomic mass is 10.2. The van der Waals surface area contributed by atoms with Crippen LogP contribution >= 0.6 is 0 Å². The van der Waals surface area contributed by atoms with E-state index in [-0.39, 0.29) is 0 Å².